The van der Waals surface area contributed by atoms with Crippen molar-refractivity contribution in [1.29, 1.82) is 0 Å². The molecule has 8 rings (SSSR count). The second-order valence-corrected chi connectivity index (χ2v) is 10.1. The monoisotopic (exact) mass is 555 g/mol. The van der Waals surface area contributed by atoms with Crippen molar-refractivity contribution >= 4 is 33.0 Å². The standard InChI is InChI=1S/C33H21N3O6/c1-39-24-15-14-18(16-19(24)17-36-23-11-5-4-10-22(23)34-35-36)27-28-30(20-8-2-6-12-25(20)40-32(28)37)42-31-21-9-3-7-13-26(21)41-33(38)29(27)31/h2-16,27H,17H2,1H3. The third-order valence-electron chi connectivity index (χ3n) is 7.76. The molecule has 4 heterocycles. The van der Waals surface area contributed by atoms with E-state index < -0.39 is 17.2 Å². The molecule has 0 amide bonds. The van der Waals surface area contributed by atoms with E-state index in [9.17, 15) is 9.59 Å². The fourth-order valence-corrected chi connectivity index (χ4v) is 5.87. The molecular formula is C33H21N3O6. The maximum atomic E-state index is 13.6. The van der Waals surface area contributed by atoms with Gasteiger partial charge in [-0.05, 0) is 54.1 Å². The molecule has 9 nitrogen and oxygen atoms in total. The van der Waals surface area contributed by atoms with Gasteiger partial charge < -0.3 is 18.3 Å². The van der Waals surface area contributed by atoms with Crippen LogP contribution in [0, 0.1) is 0 Å². The number of rotatable bonds is 4. The lowest BCUT2D eigenvalue weighted by molar-refractivity contribution is 0.406. The molecule has 0 radical (unpaired) electrons. The van der Waals surface area contributed by atoms with E-state index in [0.717, 1.165) is 16.6 Å². The summed E-state index contributed by atoms with van der Waals surface area (Å²) in [6.07, 6.45) is 0. The molecule has 0 saturated carbocycles. The van der Waals surface area contributed by atoms with E-state index in [-0.39, 0.29) is 11.1 Å². The number of ether oxygens (including phenoxy) is 2. The first-order valence-corrected chi connectivity index (χ1v) is 13.3. The third-order valence-corrected chi connectivity index (χ3v) is 7.76. The van der Waals surface area contributed by atoms with Crippen LogP contribution in [0.4, 0.5) is 0 Å². The molecule has 0 bridgehead atoms. The smallest absolute Gasteiger partial charge is 0.344 e. The van der Waals surface area contributed by atoms with Crippen LogP contribution in [0.15, 0.2) is 109 Å². The summed E-state index contributed by atoms with van der Waals surface area (Å²) in [7, 11) is 1.60. The van der Waals surface area contributed by atoms with Gasteiger partial charge in [-0.25, -0.2) is 14.3 Å². The van der Waals surface area contributed by atoms with Crippen molar-refractivity contribution in [3.05, 3.63) is 134 Å². The van der Waals surface area contributed by atoms with E-state index in [0.29, 0.717) is 51.3 Å². The molecule has 7 aromatic rings. The Morgan fingerprint density at radius 1 is 0.786 bits per heavy atom. The molecule has 4 aromatic carbocycles. The molecule has 1 aliphatic heterocycles. The van der Waals surface area contributed by atoms with Crippen LogP contribution in [-0.4, -0.2) is 22.1 Å². The fraction of sp³-hybridized carbons (Fsp3) is 0.0909. The summed E-state index contributed by atoms with van der Waals surface area (Å²) >= 11 is 0. The summed E-state index contributed by atoms with van der Waals surface area (Å²) < 4.78 is 25.4. The highest BCUT2D eigenvalue weighted by molar-refractivity contribution is 5.91. The maximum Gasteiger partial charge on any atom is 0.344 e. The van der Waals surface area contributed by atoms with Crippen molar-refractivity contribution in [2.24, 2.45) is 0 Å². The Morgan fingerprint density at radius 2 is 1.40 bits per heavy atom. The minimum absolute atomic E-state index is 0.228. The molecule has 204 valence electrons. The molecule has 3 aromatic heterocycles. The molecule has 0 spiro atoms. The summed E-state index contributed by atoms with van der Waals surface area (Å²) in [6, 6.07) is 27.7. The van der Waals surface area contributed by atoms with E-state index in [1.165, 1.54) is 0 Å². The average Bonchev–Trinajstić information content (AvgIpc) is 3.43. The lowest BCUT2D eigenvalue weighted by atomic mass is 9.82. The van der Waals surface area contributed by atoms with Crippen LogP contribution in [0.1, 0.15) is 28.2 Å². The van der Waals surface area contributed by atoms with Gasteiger partial charge in [-0.2, -0.15) is 0 Å². The van der Waals surface area contributed by atoms with E-state index in [2.05, 4.69) is 10.3 Å². The number of methoxy groups -OCH3 is 1. The van der Waals surface area contributed by atoms with Crippen molar-refractivity contribution in [1.82, 2.24) is 15.0 Å². The SMILES string of the molecule is COc1ccc(C2c3c(c4ccccc4oc3=O)Oc3c2c(=O)oc2ccccc32)cc1Cn1nnc2ccccc21. The van der Waals surface area contributed by atoms with Gasteiger partial charge in [-0.1, -0.05) is 47.7 Å². The van der Waals surface area contributed by atoms with Crippen molar-refractivity contribution < 1.29 is 18.3 Å². The van der Waals surface area contributed by atoms with Gasteiger partial charge in [0.25, 0.3) is 0 Å². The van der Waals surface area contributed by atoms with Crippen molar-refractivity contribution in [3.63, 3.8) is 0 Å². The zero-order chi connectivity index (χ0) is 28.4. The first kappa shape index (κ1) is 24.1. The Bertz CT molecular complexity index is 2220. The van der Waals surface area contributed by atoms with Gasteiger partial charge in [0.2, 0.25) is 0 Å². The van der Waals surface area contributed by atoms with Gasteiger partial charge >= 0.3 is 11.3 Å². The number of nitrogens with zero attached hydrogens (tertiary/aromatic N) is 3. The van der Waals surface area contributed by atoms with Crippen LogP contribution < -0.4 is 20.7 Å². The van der Waals surface area contributed by atoms with Crippen molar-refractivity contribution in [3.8, 4) is 17.2 Å². The molecule has 0 saturated heterocycles. The quantitative estimate of drug-likeness (QED) is 0.244. The normalized spacial score (nSPS) is 12.8. The third kappa shape index (κ3) is 3.56. The Morgan fingerprint density at radius 3 is 2.07 bits per heavy atom. The zero-order valence-corrected chi connectivity index (χ0v) is 22.2. The molecule has 0 aliphatic carbocycles. The summed E-state index contributed by atoms with van der Waals surface area (Å²) in [4.78, 5) is 27.3. The van der Waals surface area contributed by atoms with Gasteiger partial charge in [-0.15, -0.1) is 5.10 Å². The number of aromatic nitrogens is 3. The van der Waals surface area contributed by atoms with Crippen LogP contribution in [0.3, 0.4) is 0 Å². The van der Waals surface area contributed by atoms with Crippen molar-refractivity contribution in [2.45, 2.75) is 12.5 Å². The summed E-state index contributed by atoms with van der Waals surface area (Å²) in [5.74, 6) is 0.508. The zero-order valence-electron chi connectivity index (χ0n) is 22.2. The lowest BCUT2D eigenvalue weighted by Crippen LogP contribution is -2.26. The van der Waals surface area contributed by atoms with Crippen LogP contribution >= 0.6 is 0 Å². The van der Waals surface area contributed by atoms with Gasteiger partial charge in [0.1, 0.15) is 33.9 Å². The summed E-state index contributed by atoms with van der Waals surface area (Å²) in [5, 5.41) is 9.86. The molecule has 0 atom stereocenters. The average molecular weight is 556 g/mol. The first-order valence-electron chi connectivity index (χ1n) is 13.3. The minimum atomic E-state index is -0.831. The molecule has 1 aliphatic rings. The molecule has 0 fully saturated rings. The predicted molar refractivity (Wildman–Crippen MR) is 156 cm³/mol. The lowest BCUT2D eigenvalue weighted by Gasteiger charge is -2.28. The predicted octanol–water partition coefficient (Wildman–Crippen LogP) is 5.99. The first-order chi connectivity index (χ1) is 20.6. The van der Waals surface area contributed by atoms with E-state index >= 15 is 0 Å². The Labute approximate surface area is 237 Å². The van der Waals surface area contributed by atoms with Crippen LogP contribution in [0.25, 0.3) is 33.0 Å². The molecule has 9 heteroatoms. The van der Waals surface area contributed by atoms with Gasteiger partial charge in [0.15, 0.2) is 0 Å². The van der Waals surface area contributed by atoms with Crippen LogP contribution in [0.2, 0.25) is 0 Å². The van der Waals surface area contributed by atoms with E-state index in [4.69, 9.17) is 18.3 Å². The highest BCUT2D eigenvalue weighted by atomic mass is 16.5. The Balaban J connectivity index is 1.40. The summed E-state index contributed by atoms with van der Waals surface area (Å²) in [6.45, 7) is 0.346. The van der Waals surface area contributed by atoms with Gasteiger partial charge in [0.05, 0.1) is 47.0 Å². The second kappa shape index (κ2) is 9.17. The van der Waals surface area contributed by atoms with Gasteiger partial charge in [-0.3, -0.25) is 0 Å². The molecule has 0 unspecified atom stereocenters. The molecule has 42 heavy (non-hydrogen) atoms. The van der Waals surface area contributed by atoms with E-state index in [1.54, 1.807) is 36.1 Å². The van der Waals surface area contributed by atoms with Crippen molar-refractivity contribution in [2.75, 3.05) is 7.11 Å². The van der Waals surface area contributed by atoms with Crippen LogP contribution in [-0.2, 0) is 6.54 Å². The topological polar surface area (TPSA) is 110 Å². The summed E-state index contributed by atoms with van der Waals surface area (Å²) in [5.41, 5.74) is 3.16. The van der Waals surface area contributed by atoms with Gasteiger partial charge in [0, 0.05) is 5.56 Å². The molecular weight excluding hydrogens is 534 g/mol. The number of benzene rings is 4. The highest BCUT2D eigenvalue weighted by Gasteiger charge is 2.38. The molecule has 0 N–H and O–H groups in total. The number of hydrogen-bond acceptors (Lipinski definition) is 8. The Kier molecular flexibility index (Phi) is 5.27. The van der Waals surface area contributed by atoms with Crippen LogP contribution in [0.5, 0.6) is 17.2 Å². The minimum Gasteiger partial charge on any atom is -0.496 e. The highest BCUT2D eigenvalue weighted by Crippen LogP contribution is 2.49. The second-order valence-electron chi connectivity index (χ2n) is 10.1. The largest absolute Gasteiger partial charge is 0.496 e. The number of hydrogen-bond donors (Lipinski definition) is 0. The van der Waals surface area contributed by atoms with E-state index in [1.807, 2.05) is 66.7 Å². The fourth-order valence-electron chi connectivity index (χ4n) is 5.87. The maximum absolute atomic E-state index is 13.6. The Hall–Kier alpha value is -5.70. The number of fused-ring (bicyclic) bond motifs is 7. The number of para-hydroxylation sites is 3.